The number of aliphatic hydroxyl groups is 1. The van der Waals surface area contributed by atoms with Crippen molar-refractivity contribution in [1.29, 1.82) is 0 Å². The van der Waals surface area contributed by atoms with Crippen LogP contribution in [0.4, 0.5) is 0 Å². The summed E-state index contributed by atoms with van der Waals surface area (Å²) in [5, 5.41) is 22.7. The fourth-order valence-corrected chi connectivity index (χ4v) is 3.75. The van der Waals surface area contributed by atoms with Crippen molar-refractivity contribution in [2.45, 2.75) is 50.1 Å². The minimum Gasteiger partial charge on any atom is -0.508 e. The lowest BCUT2D eigenvalue weighted by Gasteiger charge is -2.32. The van der Waals surface area contributed by atoms with Gasteiger partial charge in [-0.05, 0) is 61.3 Å². The summed E-state index contributed by atoms with van der Waals surface area (Å²) in [5.74, 6) is 0.922. The number of benzene rings is 2. The molecule has 128 valence electrons. The minimum absolute atomic E-state index is 0.127. The summed E-state index contributed by atoms with van der Waals surface area (Å²) in [6, 6.07) is 18.6. The lowest BCUT2D eigenvalue weighted by Crippen LogP contribution is -2.43. The van der Waals surface area contributed by atoms with Gasteiger partial charge in [-0.25, -0.2) is 0 Å². The largest absolute Gasteiger partial charge is 0.508 e. The van der Waals surface area contributed by atoms with Gasteiger partial charge in [0, 0.05) is 12.1 Å². The summed E-state index contributed by atoms with van der Waals surface area (Å²) in [7, 11) is 0. The minimum atomic E-state index is 0.127. The van der Waals surface area contributed by atoms with Gasteiger partial charge < -0.3 is 15.5 Å². The number of hydrogen-bond donors (Lipinski definition) is 3. The van der Waals surface area contributed by atoms with E-state index in [4.69, 9.17) is 0 Å². The summed E-state index contributed by atoms with van der Waals surface area (Å²) in [5.41, 5.74) is 2.59. The molecule has 1 aliphatic rings. The maximum atomic E-state index is 9.69. The van der Waals surface area contributed by atoms with Crippen LogP contribution in [0.5, 0.6) is 5.75 Å². The number of phenolic OH excluding ortho intramolecular Hbond substituents is 1. The van der Waals surface area contributed by atoms with Crippen LogP contribution in [-0.4, -0.2) is 28.9 Å². The van der Waals surface area contributed by atoms with Crippen LogP contribution in [0.3, 0.4) is 0 Å². The summed E-state index contributed by atoms with van der Waals surface area (Å²) < 4.78 is 0. The molecule has 0 unspecified atom stereocenters. The van der Waals surface area contributed by atoms with Crippen molar-refractivity contribution < 1.29 is 10.2 Å². The summed E-state index contributed by atoms with van der Waals surface area (Å²) in [6.07, 6.45) is 5.46. The van der Waals surface area contributed by atoms with Crippen molar-refractivity contribution in [3.63, 3.8) is 0 Å². The van der Waals surface area contributed by atoms with Crippen molar-refractivity contribution >= 4 is 0 Å². The van der Waals surface area contributed by atoms with E-state index in [1.165, 1.54) is 11.1 Å². The van der Waals surface area contributed by atoms with Gasteiger partial charge in [-0.1, -0.05) is 42.5 Å². The fourth-order valence-electron chi connectivity index (χ4n) is 3.75. The summed E-state index contributed by atoms with van der Waals surface area (Å²) >= 11 is 0. The van der Waals surface area contributed by atoms with Crippen LogP contribution < -0.4 is 5.32 Å². The second kappa shape index (κ2) is 8.32. The third-order valence-corrected chi connectivity index (χ3v) is 5.11. The molecule has 0 heterocycles. The Balaban J connectivity index is 1.49. The second-order valence-electron chi connectivity index (χ2n) is 6.88. The molecule has 1 saturated carbocycles. The highest BCUT2D eigenvalue weighted by molar-refractivity contribution is 5.28. The van der Waals surface area contributed by atoms with Gasteiger partial charge in [0.2, 0.25) is 0 Å². The molecule has 1 aliphatic carbocycles. The van der Waals surface area contributed by atoms with Gasteiger partial charge in [-0.2, -0.15) is 0 Å². The molecular formula is C21H27NO2. The Bertz CT molecular complexity index is 603. The fraction of sp³-hybridized carbons (Fsp3) is 0.429. The molecule has 0 bridgehead atoms. The molecule has 24 heavy (non-hydrogen) atoms. The van der Waals surface area contributed by atoms with E-state index in [0.717, 1.165) is 32.1 Å². The first-order chi connectivity index (χ1) is 11.7. The van der Waals surface area contributed by atoms with Gasteiger partial charge in [0.05, 0.1) is 6.61 Å². The smallest absolute Gasteiger partial charge is 0.115 e. The predicted molar refractivity (Wildman–Crippen MR) is 97.3 cm³/mol. The molecule has 1 fully saturated rings. The second-order valence-corrected chi connectivity index (χ2v) is 6.88. The summed E-state index contributed by atoms with van der Waals surface area (Å²) in [4.78, 5) is 0. The van der Waals surface area contributed by atoms with Crippen LogP contribution >= 0.6 is 0 Å². The molecule has 3 N–H and O–H groups in total. The highest BCUT2D eigenvalue weighted by Gasteiger charge is 2.24. The Kier molecular flexibility index (Phi) is 5.89. The molecule has 0 amide bonds. The lowest BCUT2D eigenvalue weighted by atomic mass is 9.81. The molecule has 2 aromatic carbocycles. The number of rotatable bonds is 6. The Hall–Kier alpha value is -1.84. The SMILES string of the molecule is OC[C@@H](Cc1ccccc1)N[C@H]1CC[C@H](c2ccc(O)cc2)CC1. The first-order valence-electron chi connectivity index (χ1n) is 8.94. The average Bonchev–Trinajstić information content (AvgIpc) is 2.63. The average molecular weight is 325 g/mol. The first-order valence-corrected chi connectivity index (χ1v) is 8.94. The molecule has 0 spiro atoms. The van der Waals surface area contributed by atoms with Gasteiger partial charge in [0.25, 0.3) is 0 Å². The Morgan fingerprint density at radius 1 is 0.917 bits per heavy atom. The van der Waals surface area contributed by atoms with Crippen molar-refractivity contribution in [1.82, 2.24) is 5.32 Å². The van der Waals surface area contributed by atoms with Crippen molar-refractivity contribution in [3.8, 4) is 5.75 Å². The predicted octanol–water partition coefficient (Wildman–Crippen LogP) is 3.61. The van der Waals surface area contributed by atoms with Gasteiger partial charge in [0.1, 0.15) is 5.75 Å². The zero-order chi connectivity index (χ0) is 16.8. The maximum absolute atomic E-state index is 9.69. The highest BCUT2D eigenvalue weighted by Crippen LogP contribution is 2.33. The Morgan fingerprint density at radius 3 is 2.21 bits per heavy atom. The van der Waals surface area contributed by atoms with E-state index in [-0.39, 0.29) is 12.6 Å². The van der Waals surface area contributed by atoms with Crippen LogP contribution in [0.2, 0.25) is 0 Å². The number of phenols is 1. The molecule has 3 rings (SSSR count). The Labute approximate surface area is 144 Å². The molecule has 0 saturated heterocycles. The van der Waals surface area contributed by atoms with Gasteiger partial charge in [-0.3, -0.25) is 0 Å². The van der Waals surface area contributed by atoms with E-state index in [9.17, 15) is 10.2 Å². The van der Waals surface area contributed by atoms with E-state index in [0.29, 0.717) is 17.7 Å². The van der Waals surface area contributed by atoms with E-state index in [1.54, 1.807) is 12.1 Å². The number of hydrogen-bond acceptors (Lipinski definition) is 3. The van der Waals surface area contributed by atoms with Gasteiger partial charge in [0.15, 0.2) is 0 Å². The van der Waals surface area contributed by atoms with E-state index in [1.807, 2.05) is 30.3 Å². The monoisotopic (exact) mass is 325 g/mol. The van der Waals surface area contributed by atoms with Crippen LogP contribution in [0.1, 0.15) is 42.7 Å². The molecule has 3 heteroatoms. The topological polar surface area (TPSA) is 52.5 Å². The molecular weight excluding hydrogens is 298 g/mol. The van der Waals surface area contributed by atoms with Gasteiger partial charge in [-0.15, -0.1) is 0 Å². The van der Waals surface area contributed by atoms with Crippen molar-refractivity contribution in [3.05, 3.63) is 65.7 Å². The quantitative estimate of drug-likeness (QED) is 0.760. The van der Waals surface area contributed by atoms with Crippen LogP contribution in [0.15, 0.2) is 54.6 Å². The molecule has 3 nitrogen and oxygen atoms in total. The lowest BCUT2D eigenvalue weighted by molar-refractivity contribution is 0.214. The van der Waals surface area contributed by atoms with E-state index >= 15 is 0 Å². The maximum Gasteiger partial charge on any atom is 0.115 e. The molecule has 1 atom stereocenters. The summed E-state index contributed by atoms with van der Waals surface area (Å²) in [6.45, 7) is 0.173. The third-order valence-electron chi connectivity index (χ3n) is 5.11. The zero-order valence-electron chi connectivity index (χ0n) is 14.1. The number of nitrogens with one attached hydrogen (secondary N) is 1. The van der Waals surface area contributed by atoms with Crippen LogP contribution in [0, 0.1) is 0 Å². The molecule has 2 aromatic rings. The van der Waals surface area contributed by atoms with Crippen LogP contribution in [0.25, 0.3) is 0 Å². The number of aromatic hydroxyl groups is 1. The third kappa shape index (κ3) is 4.59. The Morgan fingerprint density at radius 2 is 1.58 bits per heavy atom. The van der Waals surface area contributed by atoms with Crippen molar-refractivity contribution in [2.24, 2.45) is 0 Å². The molecule has 0 aliphatic heterocycles. The number of aliphatic hydroxyl groups excluding tert-OH is 1. The van der Waals surface area contributed by atoms with E-state index in [2.05, 4.69) is 17.4 Å². The normalized spacial score (nSPS) is 22.2. The molecule has 0 aromatic heterocycles. The van der Waals surface area contributed by atoms with Crippen molar-refractivity contribution in [2.75, 3.05) is 6.61 Å². The van der Waals surface area contributed by atoms with Gasteiger partial charge >= 0.3 is 0 Å². The zero-order valence-corrected chi connectivity index (χ0v) is 14.1. The highest BCUT2D eigenvalue weighted by atomic mass is 16.3. The van der Waals surface area contributed by atoms with E-state index < -0.39 is 0 Å². The standard InChI is InChI=1S/C21H27NO2/c23-15-20(14-16-4-2-1-3-5-16)22-19-10-6-17(7-11-19)18-8-12-21(24)13-9-18/h1-5,8-9,12-13,17,19-20,22-24H,6-7,10-11,14-15H2/t17-,19-,20-/m1/s1. The molecule has 0 radical (unpaired) electrons. The van der Waals surface area contributed by atoms with Crippen LogP contribution in [-0.2, 0) is 6.42 Å². The first kappa shape index (κ1) is 17.0.